The van der Waals surface area contributed by atoms with Gasteiger partial charge >= 0.3 is 5.97 Å². The third-order valence-electron chi connectivity index (χ3n) is 4.81. The van der Waals surface area contributed by atoms with E-state index in [1.54, 1.807) is 49.6 Å². The zero-order valence-corrected chi connectivity index (χ0v) is 18.1. The third-order valence-corrected chi connectivity index (χ3v) is 5.25. The molecule has 0 saturated carbocycles. The highest BCUT2D eigenvalue weighted by Crippen LogP contribution is 2.21. The maximum absolute atomic E-state index is 13.1. The molecule has 2 aromatic rings. The standard InChI is InChI=1S/C22H27N3O5S/c1-30-18-9-7-15(8-10-18)13-16(14-31)20(27)25-22(21(28)29,12-11-19(23)26)24-17-5-3-2-4-6-17/h2-10,16,24,31H,11-14H2,1H3,(H2,23,26)(H,25,27)(H,28,29)/t16?,22-/m0/s1. The van der Waals surface area contributed by atoms with E-state index in [-0.39, 0.29) is 18.6 Å². The van der Waals surface area contributed by atoms with Gasteiger partial charge in [-0.3, -0.25) is 9.59 Å². The van der Waals surface area contributed by atoms with Gasteiger partial charge in [-0.25, -0.2) is 4.79 Å². The second-order valence-corrected chi connectivity index (χ2v) is 7.45. The molecule has 0 aromatic heterocycles. The maximum atomic E-state index is 13.1. The molecule has 166 valence electrons. The SMILES string of the molecule is COc1ccc(CC(CS)C(=O)N[C@](CCC(N)=O)(Nc2ccccc2)C(=O)O)cc1. The number of para-hydroxylation sites is 1. The second kappa shape index (κ2) is 11.3. The Morgan fingerprint density at radius 1 is 1.13 bits per heavy atom. The first-order chi connectivity index (χ1) is 14.8. The van der Waals surface area contributed by atoms with Crippen LogP contribution in [0.15, 0.2) is 54.6 Å². The molecule has 0 fully saturated rings. The Kier molecular flexibility index (Phi) is 8.75. The predicted molar refractivity (Wildman–Crippen MR) is 121 cm³/mol. The van der Waals surface area contributed by atoms with Crippen LogP contribution in [0.3, 0.4) is 0 Å². The summed E-state index contributed by atoms with van der Waals surface area (Å²) in [7, 11) is 1.57. The molecular weight excluding hydrogens is 418 g/mol. The average molecular weight is 446 g/mol. The molecule has 0 heterocycles. The molecule has 5 N–H and O–H groups in total. The molecule has 9 heteroatoms. The van der Waals surface area contributed by atoms with E-state index in [1.165, 1.54) is 0 Å². The third kappa shape index (κ3) is 6.92. The number of thiol groups is 1. The number of benzene rings is 2. The van der Waals surface area contributed by atoms with Gasteiger partial charge in [-0.05, 0) is 36.2 Å². The number of carboxylic acid groups (broad SMARTS) is 1. The summed E-state index contributed by atoms with van der Waals surface area (Å²) in [4.78, 5) is 36.7. The lowest BCUT2D eigenvalue weighted by Gasteiger charge is -2.33. The van der Waals surface area contributed by atoms with Gasteiger partial charge in [0.15, 0.2) is 0 Å². The van der Waals surface area contributed by atoms with Gasteiger partial charge in [-0.1, -0.05) is 30.3 Å². The van der Waals surface area contributed by atoms with Gasteiger partial charge in [0.2, 0.25) is 17.5 Å². The number of carbonyl (C=O) groups excluding carboxylic acids is 2. The zero-order chi connectivity index (χ0) is 22.9. The Balaban J connectivity index is 2.25. The topological polar surface area (TPSA) is 131 Å². The number of nitrogens with one attached hydrogen (secondary N) is 2. The molecule has 0 aliphatic rings. The number of hydrogen-bond donors (Lipinski definition) is 5. The number of nitrogens with two attached hydrogens (primary N) is 1. The summed E-state index contributed by atoms with van der Waals surface area (Å²) in [5.41, 5.74) is 4.69. The van der Waals surface area contributed by atoms with E-state index in [0.717, 1.165) is 5.56 Å². The molecule has 2 amide bonds. The van der Waals surface area contributed by atoms with E-state index in [2.05, 4.69) is 23.3 Å². The van der Waals surface area contributed by atoms with Gasteiger partial charge in [0.05, 0.1) is 13.0 Å². The minimum atomic E-state index is -1.91. The first-order valence-corrected chi connectivity index (χ1v) is 10.3. The van der Waals surface area contributed by atoms with Gasteiger partial charge in [0, 0.05) is 24.3 Å². The first-order valence-electron chi connectivity index (χ1n) is 9.70. The fourth-order valence-corrected chi connectivity index (χ4v) is 3.34. The van der Waals surface area contributed by atoms with E-state index in [1.807, 2.05) is 12.1 Å². The van der Waals surface area contributed by atoms with Crippen LogP contribution in [0.5, 0.6) is 5.75 Å². The van der Waals surface area contributed by atoms with Crippen LogP contribution in [-0.4, -0.2) is 41.4 Å². The number of carboxylic acids is 1. The minimum absolute atomic E-state index is 0.203. The van der Waals surface area contributed by atoms with E-state index in [0.29, 0.717) is 17.9 Å². The normalized spacial score (nSPS) is 13.5. The summed E-state index contributed by atoms with van der Waals surface area (Å²) >= 11 is 4.28. The van der Waals surface area contributed by atoms with Gasteiger partial charge in [0.1, 0.15) is 5.75 Å². The molecule has 2 atom stereocenters. The van der Waals surface area contributed by atoms with Crippen LogP contribution in [0.2, 0.25) is 0 Å². The number of hydrogen-bond acceptors (Lipinski definition) is 6. The number of anilines is 1. The van der Waals surface area contributed by atoms with E-state index >= 15 is 0 Å². The first kappa shape index (κ1) is 24.1. The summed E-state index contributed by atoms with van der Waals surface area (Å²) in [5.74, 6) is -2.19. The smallest absolute Gasteiger partial charge is 0.350 e. The largest absolute Gasteiger partial charge is 0.497 e. The maximum Gasteiger partial charge on any atom is 0.350 e. The summed E-state index contributed by atoms with van der Waals surface area (Å²) in [6, 6.07) is 15.8. The number of amides is 2. The van der Waals surface area contributed by atoms with Gasteiger partial charge < -0.3 is 26.2 Å². The van der Waals surface area contributed by atoms with Crippen LogP contribution in [-0.2, 0) is 20.8 Å². The monoisotopic (exact) mass is 445 g/mol. The summed E-state index contributed by atoms with van der Waals surface area (Å²) < 4.78 is 5.14. The number of primary amides is 1. The lowest BCUT2D eigenvalue weighted by atomic mass is 9.97. The second-order valence-electron chi connectivity index (χ2n) is 7.09. The van der Waals surface area contributed by atoms with Crippen LogP contribution >= 0.6 is 12.6 Å². The molecule has 0 spiro atoms. The average Bonchev–Trinajstić information content (AvgIpc) is 2.76. The summed E-state index contributed by atoms with van der Waals surface area (Å²) in [5, 5.41) is 15.4. The fourth-order valence-electron chi connectivity index (χ4n) is 3.05. The molecule has 2 aromatic carbocycles. The lowest BCUT2D eigenvalue weighted by Crippen LogP contribution is -2.61. The van der Waals surface area contributed by atoms with E-state index in [4.69, 9.17) is 10.5 Å². The van der Waals surface area contributed by atoms with Crippen molar-refractivity contribution in [2.45, 2.75) is 24.9 Å². The molecule has 0 saturated heterocycles. The Morgan fingerprint density at radius 2 is 1.77 bits per heavy atom. The number of methoxy groups -OCH3 is 1. The fraction of sp³-hybridized carbons (Fsp3) is 0.318. The van der Waals surface area contributed by atoms with Crippen LogP contribution in [0.4, 0.5) is 5.69 Å². The Labute approximate surface area is 186 Å². The quantitative estimate of drug-likeness (QED) is 0.251. The highest BCUT2D eigenvalue weighted by Gasteiger charge is 2.41. The molecular formula is C22H27N3O5S. The van der Waals surface area contributed by atoms with Crippen LogP contribution in [0, 0.1) is 5.92 Å². The van der Waals surface area contributed by atoms with E-state index in [9.17, 15) is 19.5 Å². The van der Waals surface area contributed by atoms with Crippen molar-refractivity contribution in [3.63, 3.8) is 0 Å². The highest BCUT2D eigenvalue weighted by molar-refractivity contribution is 7.80. The van der Waals surface area contributed by atoms with Crippen molar-refractivity contribution in [3.05, 3.63) is 60.2 Å². The van der Waals surface area contributed by atoms with Gasteiger partial charge in [-0.15, -0.1) is 0 Å². The van der Waals surface area contributed by atoms with Gasteiger partial charge in [-0.2, -0.15) is 12.6 Å². The number of rotatable bonds is 12. The summed E-state index contributed by atoms with van der Waals surface area (Å²) in [6.45, 7) is 0. The molecule has 0 aliphatic heterocycles. The number of aliphatic carboxylic acids is 1. The predicted octanol–water partition coefficient (Wildman–Crippen LogP) is 2.06. The molecule has 1 unspecified atom stereocenters. The molecule has 2 rings (SSSR count). The Morgan fingerprint density at radius 3 is 2.29 bits per heavy atom. The summed E-state index contributed by atoms with van der Waals surface area (Å²) in [6.07, 6.45) is -0.0905. The zero-order valence-electron chi connectivity index (χ0n) is 17.2. The molecule has 8 nitrogen and oxygen atoms in total. The van der Waals surface area contributed by atoms with Crippen LogP contribution < -0.4 is 21.1 Å². The Bertz CT molecular complexity index is 892. The van der Waals surface area contributed by atoms with Crippen molar-refractivity contribution >= 4 is 36.1 Å². The number of carbonyl (C=O) groups is 3. The lowest BCUT2D eigenvalue weighted by molar-refractivity contribution is -0.147. The van der Waals surface area contributed by atoms with E-state index < -0.39 is 29.4 Å². The highest BCUT2D eigenvalue weighted by atomic mass is 32.1. The van der Waals surface area contributed by atoms with Crippen LogP contribution in [0.1, 0.15) is 18.4 Å². The molecule has 0 radical (unpaired) electrons. The van der Waals surface area contributed by atoms with Gasteiger partial charge in [0.25, 0.3) is 0 Å². The van der Waals surface area contributed by atoms with Crippen molar-refractivity contribution in [1.82, 2.24) is 5.32 Å². The molecule has 0 bridgehead atoms. The van der Waals surface area contributed by atoms with Crippen molar-refractivity contribution in [1.29, 1.82) is 0 Å². The van der Waals surface area contributed by atoms with Crippen molar-refractivity contribution < 1.29 is 24.2 Å². The van der Waals surface area contributed by atoms with Crippen molar-refractivity contribution in [3.8, 4) is 5.75 Å². The Hall–Kier alpha value is -3.20. The minimum Gasteiger partial charge on any atom is -0.497 e. The van der Waals surface area contributed by atoms with Crippen molar-refractivity contribution in [2.75, 3.05) is 18.2 Å². The molecule has 31 heavy (non-hydrogen) atoms. The number of ether oxygens (including phenoxy) is 1. The van der Waals surface area contributed by atoms with Crippen molar-refractivity contribution in [2.24, 2.45) is 11.7 Å². The molecule has 0 aliphatic carbocycles. The van der Waals surface area contributed by atoms with Crippen LogP contribution in [0.25, 0.3) is 0 Å².